The number of carbonyl (C=O) groups is 2. The third-order valence-corrected chi connectivity index (χ3v) is 3.93. The molecule has 0 radical (unpaired) electrons. The van der Waals surface area contributed by atoms with Crippen molar-refractivity contribution in [3.63, 3.8) is 0 Å². The lowest BCUT2D eigenvalue weighted by Crippen LogP contribution is -2.14. The summed E-state index contributed by atoms with van der Waals surface area (Å²) in [6.07, 6.45) is -3.10. The van der Waals surface area contributed by atoms with Crippen LogP contribution in [0.4, 0.5) is 13.2 Å². The van der Waals surface area contributed by atoms with E-state index in [1.54, 1.807) is 13.8 Å². The van der Waals surface area contributed by atoms with Crippen LogP contribution in [0.3, 0.4) is 0 Å². The van der Waals surface area contributed by atoms with Gasteiger partial charge in [-0.05, 0) is 43.7 Å². The quantitative estimate of drug-likeness (QED) is 0.574. The summed E-state index contributed by atoms with van der Waals surface area (Å²) >= 11 is 0. The molecule has 136 valence electrons. The first kappa shape index (κ1) is 19.0. The molecule has 1 aromatic carbocycles. The second-order valence-electron chi connectivity index (χ2n) is 5.61. The van der Waals surface area contributed by atoms with E-state index in [1.807, 2.05) is 0 Å². The predicted molar refractivity (Wildman–Crippen MR) is 83.6 cm³/mol. The van der Waals surface area contributed by atoms with Gasteiger partial charge in [0.2, 0.25) is 0 Å². The van der Waals surface area contributed by atoms with Crippen LogP contribution in [-0.2, 0) is 25.2 Å². The van der Waals surface area contributed by atoms with Gasteiger partial charge < -0.3 is 9.47 Å². The van der Waals surface area contributed by atoms with Gasteiger partial charge in [-0.15, -0.1) is 0 Å². The van der Waals surface area contributed by atoms with E-state index in [-0.39, 0.29) is 24.4 Å². The summed E-state index contributed by atoms with van der Waals surface area (Å²) in [5.41, 5.74) is -0.539. The number of rotatable bonds is 6. The number of halogens is 3. The molecule has 0 aliphatic heterocycles. The van der Waals surface area contributed by atoms with Crippen molar-refractivity contribution in [2.45, 2.75) is 32.4 Å². The summed E-state index contributed by atoms with van der Waals surface area (Å²) in [6.45, 7) is 3.48. The molecule has 25 heavy (non-hydrogen) atoms. The fourth-order valence-corrected chi connectivity index (χ4v) is 2.80. The van der Waals surface area contributed by atoms with Crippen LogP contribution in [0.25, 0.3) is 0 Å². The number of hydrogen-bond donors (Lipinski definition) is 0. The Morgan fingerprint density at radius 1 is 1.16 bits per heavy atom. The zero-order valence-corrected chi connectivity index (χ0v) is 13.9. The summed E-state index contributed by atoms with van der Waals surface area (Å²) < 4.78 is 49.2. The predicted octanol–water partition coefficient (Wildman–Crippen LogP) is 3.86. The van der Waals surface area contributed by atoms with E-state index in [4.69, 9.17) is 9.47 Å². The Labute approximate surface area is 143 Å². The average molecular weight is 356 g/mol. The van der Waals surface area contributed by atoms with Gasteiger partial charge in [0.05, 0.1) is 18.8 Å². The topological polar surface area (TPSA) is 52.6 Å². The van der Waals surface area contributed by atoms with Crippen molar-refractivity contribution in [2.75, 3.05) is 13.2 Å². The van der Waals surface area contributed by atoms with E-state index in [0.717, 1.165) is 12.1 Å². The van der Waals surface area contributed by atoms with Crippen molar-refractivity contribution in [3.05, 3.63) is 47.0 Å². The highest BCUT2D eigenvalue weighted by Gasteiger charge is 2.47. The molecule has 7 heteroatoms. The smallest absolute Gasteiger partial charge is 0.416 e. The van der Waals surface area contributed by atoms with E-state index < -0.39 is 35.5 Å². The van der Waals surface area contributed by atoms with Crippen LogP contribution in [0.15, 0.2) is 35.9 Å². The molecule has 1 aliphatic carbocycles. The second kappa shape index (κ2) is 7.72. The minimum Gasteiger partial charge on any atom is -0.463 e. The van der Waals surface area contributed by atoms with Crippen LogP contribution in [0.1, 0.15) is 37.3 Å². The first-order valence-electron chi connectivity index (χ1n) is 8.01. The van der Waals surface area contributed by atoms with E-state index in [9.17, 15) is 22.8 Å². The van der Waals surface area contributed by atoms with Crippen molar-refractivity contribution in [3.8, 4) is 0 Å². The minimum atomic E-state index is -4.47. The largest absolute Gasteiger partial charge is 0.463 e. The van der Waals surface area contributed by atoms with Gasteiger partial charge in [-0.25, -0.2) is 9.59 Å². The number of ether oxygens (including phenoxy) is 2. The monoisotopic (exact) mass is 356 g/mol. The number of hydrogen-bond acceptors (Lipinski definition) is 4. The van der Waals surface area contributed by atoms with Crippen molar-refractivity contribution in [2.24, 2.45) is 5.92 Å². The molecule has 0 aromatic heterocycles. The molecule has 0 bridgehead atoms. The van der Waals surface area contributed by atoms with Crippen LogP contribution in [-0.4, -0.2) is 25.2 Å². The van der Waals surface area contributed by atoms with E-state index in [0.29, 0.717) is 6.42 Å². The summed E-state index contributed by atoms with van der Waals surface area (Å²) in [6, 6.07) is 5.27. The molecular formula is C18H19F3O4. The number of benzene rings is 1. The molecule has 0 unspecified atom stereocenters. The molecule has 1 saturated carbocycles. The van der Waals surface area contributed by atoms with Crippen LogP contribution in [0, 0.1) is 5.92 Å². The van der Waals surface area contributed by atoms with Gasteiger partial charge >= 0.3 is 18.1 Å². The molecule has 4 nitrogen and oxygen atoms in total. The Bertz CT molecular complexity index is 679. The Balaban J connectivity index is 2.29. The van der Waals surface area contributed by atoms with Gasteiger partial charge in [0.25, 0.3) is 0 Å². The lowest BCUT2D eigenvalue weighted by molar-refractivity contribution is -0.141. The molecule has 1 aliphatic rings. The highest BCUT2D eigenvalue weighted by Crippen LogP contribution is 2.54. The first-order valence-corrected chi connectivity index (χ1v) is 8.01. The molecule has 0 amide bonds. The third-order valence-electron chi connectivity index (χ3n) is 3.93. The van der Waals surface area contributed by atoms with Gasteiger partial charge in [-0.2, -0.15) is 13.2 Å². The van der Waals surface area contributed by atoms with Gasteiger partial charge in [-0.3, -0.25) is 0 Å². The summed E-state index contributed by atoms with van der Waals surface area (Å²) in [7, 11) is 0. The Hall–Kier alpha value is -2.31. The number of alkyl halides is 3. The summed E-state index contributed by atoms with van der Waals surface area (Å²) in [4.78, 5) is 23.8. The van der Waals surface area contributed by atoms with Gasteiger partial charge in [0, 0.05) is 11.6 Å². The highest BCUT2D eigenvalue weighted by atomic mass is 19.4. The van der Waals surface area contributed by atoms with Crippen molar-refractivity contribution >= 4 is 11.9 Å². The van der Waals surface area contributed by atoms with Gasteiger partial charge in [0.1, 0.15) is 0 Å². The van der Waals surface area contributed by atoms with Crippen LogP contribution in [0.5, 0.6) is 0 Å². The maximum absolute atomic E-state index is 13.2. The number of carbonyl (C=O) groups excluding carboxylic acids is 2. The van der Waals surface area contributed by atoms with Crippen molar-refractivity contribution in [1.82, 2.24) is 0 Å². The van der Waals surface area contributed by atoms with E-state index in [2.05, 4.69) is 0 Å². The molecule has 0 spiro atoms. The summed E-state index contributed by atoms with van der Waals surface area (Å²) in [5.74, 6) is -2.39. The Morgan fingerprint density at radius 2 is 1.80 bits per heavy atom. The molecule has 0 N–H and O–H groups in total. The Kier molecular flexibility index (Phi) is 5.87. The SMILES string of the molecule is CCOC(=O)/C=C(\C(=O)OCC)[C@@H]1C[C@@H]1c1ccccc1C(F)(F)F. The molecule has 0 saturated heterocycles. The highest BCUT2D eigenvalue weighted by molar-refractivity contribution is 5.97. The van der Waals surface area contributed by atoms with Crippen LogP contribution in [0.2, 0.25) is 0 Å². The van der Waals surface area contributed by atoms with E-state index >= 15 is 0 Å². The summed E-state index contributed by atoms with van der Waals surface area (Å²) in [5, 5.41) is 0. The lowest BCUT2D eigenvalue weighted by atomic mass is 9.99. The standard InChI is InChI=1S/C18H19F3O4/c1-3-24-16(22)10-14(17(23)25-4-2)13-9-12(13)11-7-5-6-8-15(11)18(19,20)21/h5-8,10,12-13H,3-4,9H2,1-2H3/b14-10-/t12-,13-/m1/s1. The molecule has 2 atom stereocenters. The van der Waals surface area contributed by atoms with Gasteiger partial charge in [-0.1, -0.05) is 18.2 Å². The van der Waals surface area contributed by atoms with E-state index in [1.165, 1.54) is 18.2 Å². The molecule has 1 aromatic rings. The Morgan fingerprint density at radius 3 is 2.40 bits per heavy atom. The fourth-order valence-electron chi connectivity index (χ4n) is 2.80. The molecular weight excluding hydrogens is 337 g/mol. The van der Waals surface area contributed by atoms with Crippen molar-refractivity contribution < 1.29 is 32.2 Å². The average Bonchev–Trinajstić information content (AvgIpc) is 3.32. The van der Waals surface area contributed by atoms with Gasteiger partial charge in [0.15, 0.2) is 0 Å². The zero-order chi connectivity index (χ0) is 18.6. The lowest BCUT2D eigenvalue weighted by Gasteiger charge is -2.13. The first-order chi connectivity index (χ1) is 11.8. The fraction of sp³-hybridized carbons (Fsp3) is 0.444. The maximum Gasteiger partial charge on any atom is 0.416 e. The minimum absolute atomic E-state index is 0.0577. The zero-order valence-electron chi connectivity index (χ0n) is 13.9. The maximum atomic E-state index is 13.2. The van der Waals surface area contributed by atoms with Crippen LogP contribution < -0.4 is 0 Å². The normalized spacial score (nSPS) is 20.1. The number of esters is 2. The van der Waals surface area contributed by atoms with Crippen LogP contribution >= 0.6 is 0 Å². The molecule has 1 fully saturated rings. The molecule has 0 heterocycles. The third kappa shape index (κ3) is 4.61. The molecule has 2 rings (SSSR count). The second-order valence-corrected chi connectivity index (χ2v) is 5.61. The van der Waals surface area contributed by atoms with Crippen molar-refractivity contribution in [1.29, 1.82) is 0 Å².